The first-order valence-corrected chi connectivity index (χ1v) is 20.8. The molecule has 0 bridgehead atoms. The number of amides is 1. The molecule has 4 heterocycles. The minimum Gasteiger partial charge on any atom is -0.370 e. The summed E-state index contributed by atoms with van der Waals surface area (Å²) in [6.45, 7) is 19.3. The number of piperazine rings is 1. The van der Waals surface area contributed by atoms with Crippen molar-refractivity contribution in [3.63, 3.8) is 0 Å². The first kappa shape index (κ1) is 41.4. The molecule has 2 saturated heterocycles. The van der Waals surface area contributed by atoms with Crippen LogP contribution >= 0.6 is 0 Å². The van der Waals surface area contributed by atoms with Gasteiger partial charge in [-0.25, -0.2) is 13.2 Å². The first-order chi connectivity index (χ1) is 25.9. The number of benzene rings is 2. The van der Waals surface area contributed by atoms with E-state index in [1.165, 1.54) is 0 Å². The summed E-state index contributed by atoms with van der Waals surface area (Å²) >= 11 is 0. The number of fused-ring (bicyclic) bond motifs is 1. The van der Waals surface area contributed by atoms with Gasteiger partial charge in [-0.15, -0.1) is 0 Å². The third-order valence-electron chi connectivity index (χ3n) is 9.81. The average molecular weight is 775 g/mol. The van der Waals surface area contributed by atoms with E-state index in [1.54, 1.807) is 9.47 Å². The standard InChI is InChI=1S/C21H29N7O.C19H29N3O3S/c1-21(2,3)17-11-15-13-28(20(29)27-18(15)26-17)16-7-5-14(6-8-16)12-24-9-4-10-25-19(22)23;1-19(2,3)16-12-15(13-17(14-16)21-6-4-20-5-7-21)18(23)22-8-10-26(24,25)11-9-22/h5-8,11,13,24H,4,9-10,12H2,1-3H3,(H4,22,23,25)(H,26,27,29);12-14,20H,4-11H2,1-3H3. The van der Waals surface area contributed by atoms with E-state index in [9.17, 15) is 18.0 Å². The summed E-state index contributed by atoms with van der Waals surface area (Å²) in [7, 11) is -3.00. The van der Waals surface area contributed by atoms with Gasteiger partial charge in [-0.2, -0.15) is 4.98 Å². The number of hydrogen-bond acceptors (Lipinski definition) is 9. The first-order valence-electron chi connectivity index (χ1n) is 19.0. The van der Waals surface area contributed by atoms with Crippen LogP contribution in [0.15, 0.2) is 64.5 Å². The summed E-state index contributed by atoms with van der Waals surface area (Å²) < 4.78 is 24.9. The maximum Gasteiger partial charge on any atom is 0.354 e. The van der Waals surface area contributed by atoms with Gasteiger partial charge in [0.25, 0.3) is 5.91 Å². The number of nitrogens with two attached hydrogens (primary N) is 2. The molecule has 0 saturated carbocycles. The number of nitrogens with one attached hydrogen (secondary N) is 3. The third kappa shape index (κ3) is 11.4. The molecule has 0 unspecified atom stereocenters. The number of H-pyrrole nitrogens is 1. The predicted octanol–water partition coefficient (Wildman–Crippen LogP) is 3.03. The molecule has 298 valence electrons. The highest BCUT2D eigenvalue weighted by Gasteiger charge is 2.28. The largest absolute Gasteiger partial charge is 0.370 e. The molecule has 0 atom stereocenters. The van der Waals surface area contributed by atoms with E-state index in [4.69, 9.17) is 11.5 Å². The number of hydrogen-bond donors (Lipinski definition) is 5. The van der Waals surface area contributed by atoms with Gasteiger partial charge < -0.3 is 36.9 Å². The number of carbonyl (C=O) groups is 1. The van der Waals surface area contributed by atoms with Crippen LogP contribution < -0.4 is 32.7 Å². The second kappa shape index (κ2) is 17.4. The van der Waals surface area contributed by atoms with Gasteiger partial charge in [-0.3, -0.25) is 14.4 Å². The van der Waals surface area contributed by atoms with Crippen LogP contribution in [-0.4, -0.2) is 104 Å². The fourth-order valence-corrected chi connectivity index (χ4v) is 7.58. The van der Waals surface area contributed by atoms with Crippen molar-refractivity contribution in [2.24, 2.45) is 16.5 Å². The molecule has 15 heteroatoms. The van der Waals surface area contributed by atoms with E-state index in [-0.39, 0.29) is 53.0 Å². The Morgan fingerprint density at radius 2 is 1.58 bits per heavy atom. The molecular weight excluding hydrogens is 717 g/mol. The van der Waals surface area contributed by atoms with Gasteiger partial charge in [0.05, 0.1) is 17.2 Å². The van der Waals surface area contributed by atoms with E-state index >= 15 is 0 Å². The summed E-state index contributed by atoms with van der Waals surface area (Å²) in [4.78, 5) is 40.9. The van der Waals surface area contributed by atoms with Gasteiger partial charge >= 0.3 is 5.69 Å². The molecule has 55 heavy (non-hydrogen) atoms. The van der Waals surface area contributed by atoms with Crippen molar-refractivity contribution in [3.8, 4) is 5.69 Å². The fraction of sp³-hybridized carbons (Fsp3) is 0.500. The summed E-state index contributed by atoms with van der Waals surface area (Å²) in [6, 6.07) is 16.1. The molecule has 0 radical (unpaired) electrons. The molecule has 2 aliphatic rings. The van der Waals surface area contributed by atoms with E-state index in [2.05, 4.69) is 84.2 Å². The Bertz CT molecular complexity index is 2120. The fourth-order valence-electron chi connectivity index (χ4n) is 6.37. The minimum absolute atomic E-state index is 0.0352. The number of anilines is 1. The van der Waals surface area contributed by atoms with Crippen molar-refractivity contribution in [1.29, 1.82) is 0 Å². The second-order valence-corrected chi connectivity index (χ2v) is 18.6. The molecule has 2 aliphatic heterocycles. The Labute approximate surface area is 324 Å². The van der Waals surface area contributed by atoms with Crippen molar-refractivity contribution in [1.82, 2.24) is 30.1 Å². The highest BCUT2D eigenvalue weighted by atomic mass is 32.2. The monoisotopic (exact) mass is 774 g/mol. The number of nitrogens with zero attached hydrogens (tertiary/aromatic N) is 5. The molecule has 4 aromatic rings. The van der Waals surface area contributed by atoms with Crippen molar-refractivity contribution in [3.05, 3.63) is 87.6 Å². The smallest absolute Gasteiger partial charge is 0.354 e. The molecule has 0 spiro atoms. The summed E-state index contributed by atoms with van der Waals surface area (Å²) in [5.74, 6) is 0.171. The number of aliphatic imine (C=N–C) groups is 1. The number of aromatic amines is 1. The lowest BCUT2D eigenvalue weighted by Crippen LogP contribution is -2.44. The lowest BCUT2D eigenvalue weighted by Gasteiger charge is -2.32. The summed E-state index contributed by atoms with van der Waals surface area (Å²) in [6.07, 6.45) is 2.71. The molecule has 14 nitrogen and oxygen atoms in total. The summed E-state index contributed by atoms with van der Waals surface area (Å²) in [5.41, 5.74) is 16.7. The van der Waals surface area contributed by atoms with Crippen molar-refractivity contribution < 1.29 is 13.2 Å². The van der Waals surface area contributed by atoms with Gasteiger partial charge in [0, 0.05) is 86.3 Å². The highest BCUT2D eigenvalue weighted by molar-refractivity contribution is 7.91. The van der Waals surface area contributed by atoms with Crippen LogP contribution in [0.3, 0.4) is 0 Å². The molecule has 2 fully saturated rings. The van der Waals surface area contributed by atoms with Gasteiger partial charge in [0.2, 0.25) is 0 Å². The van der Waals surface area contributed by atoms with Crippen molar-refractivity contribution in [2.45, 2.75) is 65.3 Å². The van der Waals surface area contributed by atoms with Crippen LogP contribution in [0.5, 0.6) is 0 Å². The normalized spacial score (nSPS) is 16.0. The second-order valence-electron chi connectivity index (χ2n) is 16.3. The molecule has 2 aromatic heterocycles. The Kier molecular flexibility index (Phi) is 13.1. The number of guanidine groups is 1. The lowest BCUT2D eigenvalue weighted by molar-refractivity contribution is 0.0770. The Morgan fingerprint density at radius 1 is 0.909 bits per heavy atom. The zero-order chi connectivity index (χ0) is 40.0. The third-order valence-corrected chi connectivity index (χ3v) is 11.4. The SMILES string of the molecule is CC(C)(C)c1cc(C(=O)N2CCS(=O)(=O)CC2)cc(N2CCNCC2)c1.CC(C)(C)c1cc2cn(-c3ccc(CNCCCN=C(N)N)cc3)c(=O)nc2[nH]1. The maximum atomic E-state index is 13.0. The molecular formula is C40H58N10O4S. The van der Waals surface area contributed by atoms with Gasteiger partial charge in [0.15, 0.2) is 15.8 Å². The maximum absolute atomic E-state index is 13.0. The quantitative estimate of drug-likeness (QED) is 0.0958. The Hall–Kier alpha value is -4.73. The van der Waals surface area contributed by atoms with E-state index in [0.717, 1.165) is 79.3 Å². The van der Waals surface area contributed by atoms with E-state index in [0.29, 0.717) is 17.8 Å². The van der Waals surface area contributed by atoms with E-state index in [1.807, 2.05) is 42.6 Å². The molecule has 6 rings (SSSR count). The number of rotatable bonds is 9. The predicted molar refractivity (Wildman–Crippen MR) is 222 cm³/mol. The van der Waals surface area contributed by atoms with E-state index < -0.39 is 9.84 Å². The average Bonchev–Trinajstić information content (AvgIpc) is 3.56. The minimum atomic E-state index is -3.00. The van der Waals surface area contributed by atoms with Crippen LogP contribution in [0, 0.1) is 0 Å². The number of sulfone groups is 1. The topological polar surface area (TPSA) is 197 Å². The van der Waals surface area contributed by atoms with Crippen molar-refractivity contribution in [2.75, 3.05) is 68.8 Å². The Morgan fingerprint density at radius 3 is 2.20 bits per heavy atom. The van der Waals surface area contributed by atoms with Gasteiger partial charge in [-0.05, 0) is 65.9 Å². The Balaban J connectivity index is 0.000000212. The molecule has 0 aliphatic carbocycles. The van der Waals surface area contributed by atoms with Crippen molar-refractivity contribution >= 4 is 38.4 Å². The number of aromatic nitrogens is 3. The van der Waals surface area contributed by atoms with Crippen LogP contribution in [0.2, 0.25) is 0 Å². The molecule has 1 amide bonds. The van der Waals surface area contributed by atoms with Gasteiger partial charge in [-0.1, -0.05) is 53.7 Å². The summed E-state index contributed by atoms with van der Waals surface area (Å²) in [5, 5.41) is 7.62. The van der Waals surface area contributed by atoms with Crippen LogP contribution in [0.1, 0.15) is 75.1 Å². The van der Waals surface area contributed by atoms with Gasteiger partial charge in [0.1, 0.15) is 5.65 Å². The van der Waals surface area contributed by atoms with Crippen LogP contribution in [-0.2, 0) is 27.2 Å². The highest BCUT2D eigenvalue weighted by Crippen LogP contribution is 2.30. The molecule has 2 aromatic carbocycles. The zero-order valence-electron chi connectivity index (χ0n) is 33.1. The molecule has 7 N–H and O–H groups in total. The van der Waals surface area contributed by atoms with Crippen LogP contribution in [0.4, 0.5) is 5.69 Å². The van der Waals surface area contributed by atoms with Crippen LogP contribution in [0.25, 0.3) is 16.7 Å². The number of carbonyl (C=O) groups excluding carboxylic acids is 1. The lowest BCUT2D eigenvalue weighted by atomic mass is 9.85. The zero-order valence-corrected chi connectivity index (χ0v) is 33.9.